The highest BCUT2D eigenvalue weighted by molar-refractivity contribution is 9.10. The van der Waals surface area contributed by atoms with Crippen molar-refractivity contribution in [3.05, 3.63) is 55.3 Å². The molecule has 0 aliphatic heterocycles. The number of rotatable bonds is 3. The van der Waals surface area contributed by atoms with E-state index in [9.17, 15) is 4.79 Å². The number of fused-ring (bicyclic) bond motifs is 1. The topological polar surface area (TPSA) is 55.6 Å². The molecule has 3 aromatic rings. The normalized spacial score (nSPS) is 10.9. The van der Waals surface area contributed by atoms with E-state index >= 15 is 0 Å². The second-order valence-corrected chi connectivity index (χ2v) is 7.17. The lowest BCUT2D eigenvalue weighted by Gasteiger charge is -2.16. The fraction of sp³-hybridized carbons (Fsp3) is 0.0667. The van der Waals surface area contributed by atoms with Crippen LogP contribution in [0.2, 0.25) is 10.0 Å². The molecule has 1 aromatic carbocycles. The van der Waals surface area contributed by atoms with Crippen molar-refractivity contribution < 1.29 is 9.53 Å². The number of methoxy groups -OCH3 is 1. The van der Waals surface area contributed by atoms with E-state index in [1.807, 2.05) is 6.07 Å². The summed E-state index contributed by atoms with van der Waals surface area (Å²) in [7, 11) is 1.30. The van der Waals surface area contributed by atoms with E-state index in [4.69, 9.17) is 27.9 Å². The number of carbonyl (C=O) groups is 1. The summed E-state index contributed by atoms with van der Waals surface area (Å²) in [5.41, 5.74) is 1.69. The van der Waals surface area contributed by atoms with E-state index in [1.165, 1.54) is 7.11 Å². The number of halogens is 4. The summed E-state index contributed by atoms with van der Waals surface area (Å²) in [5.74, 6) is -0.546. The molecule has 24 heavy (non-hydrogen) atoms. The highest BCUT2D eigenvalue weighted by Gasteiger charge is 2.24. The molecule has 0 bridgehead atoms. The Balaban J connectivity index is 2.25. The maximum Gasteiger partial charge on any atom is 0.342 e. The van der Waals surface area contributed by atoms with Gasteiger partial charge in [-0.1, -0.05) is 39.1 Å². The van der Waals surface area contributed by atoms with Gasteiger partial charge in [-0.25, -0.2) is 9.78 Å². The van der Waals surface area contributed by atoms with Crippen LogP contribution in [0.5, 0.6) is 0 Å². The van der Waals surface area contributed by atoms with E-state index in [0.717, 1.165) is 4.47 Å². The van der Waals surface area contributed by atoms with E-state index in [2.05, 4.69) is 42.2 Å². The first kappa shape index (κ1) is 17.5. The third-order valence-corrected chi connectivity index (χ3v) is 5.25. The van der Waals surface area contributed by atoms with Gasteiger partial charge in [-0.05, 0) is 34.1 Å². The largest absolute Gasteiger partial charge is 0.465 e. The first-order valence-corrected chi connectivity index (χ1v) is 8.92. The molecule has 0 saturated heterocycles. The molecule has 3 rings (SSSR count). The molecule has 0 spiro atoms. The van der Waals surface area contributed by atoms with Gasteiger partial charge in [-0.2, -0.15) is 0 Å². The lowest BCUT2D eigenvalue weighted by Crippen LogP contribution is -2.10. The molecule has 5 nitrogen and oxygen atoms in total. The Labute approximate surface area is 164 Å². The van der Waals surface area contributed by atoms with Crippen LogP contribution in [0, 0.1) is 0 Å². The monoisotopic (exact) mass is 491 g/mol. The van der Waals surface area contributed by atoms with E-state index < -0.39 is 5.97 Å². The maximum atomic E-state index is 12.3. The Morgan fingerprint density at radius 2 is 2.08 bits per heavy atom. The van der Waals surface area contributed by atoms with Gasteiger partial charge in [0.1, 0.15) is 15.2 Å². The van der Waals surface area contributed by atoms with Crippen LogP contribution >= 0.6 is 55.1 Å². The fourth-order valence-electron chi connectivity index (χ4n) is 2.20. The summed E-state index contributed by atoms with van der Waals surface area (Å²) in [6, 6.07) is 5.33. The molecule has 0 radical (unpaired) electrons. The molecule has 0 saturated carbocycles. The molecule has 9 heteroatoms. The minimum absolute atomic E-state index is 0.243. The Bertz CT molecular complexity index is 960. The van der Waals surface area contributed by atoms with Crippen LogP contribution in [-0.2, 0) is 4.74 Å². The second kappa shape index (κ2) is 6.92. The van der Waals surface area contributed by atoms with Crippen LogP contribution in [0.4, 0.5) is 11.4 Å². The molecular weight excluding hydrogens is 485 g/mol. The summed E-state index contributed by atoms with van der Waals surface area (Å²) in [6.45, 7) is 0. The van der Waals surface area contributed by atoms with Gasteiger partial charge in [-0.15, -0.1) is 0 Å². The summed E-state index contributed by atoms with van der Waals surface area (Å²) >= 11 is 19.5. The molecule has 124 valence electrons. The van der Waals surface area contributed by atoms with Crippen LogP contribution in [0.3, 0.4) is 0 Å². The molecule has 0 amide bonds. The van der Waals surface area contributed by atoms with Gasteiger partial charge in [0, 0.05) is 16.9 Å². The standard InChI is InChI=1S/C15H9Br2Cl2N3O2/c1-24-15(23)10-12(21-9-3-2-7(16)6-8(9)18)11(19)14-20-4-5-22(14)13(10)17/h2-6,21H,1H3. The van der Waals surface area contributed by atoms with Gasteiger partial charge in [0.2, 0.25) is 0 Å². The number of nitrogens with one attached hydrogen (secondary N) is 1. The summed E-state index contributed by atoms with van der Waals surface area (Å²) in [4.78, 5) is 16.5. The predicted molar refractivity (Wildman–Crippen MR) is 102 cm³/mol. The highest BCUT2D eigenvalue weighted by Crippen LogP contribution is 2.39. The molecule has 0 aliphatic carbocycles. The second-order valence-electron chi connectivity index (χ2n) is 4.72. The summed E-state index contributed by atoms with van der Waals surface area (Å²) in [5, 5.41) is 3.85. The number of imidazole rings is 1. The number of esters is 1. The van der Waals surface area contributed by atoms with Crippen molar-refractivity contribution in [2.75, 3.05) is 12.4 Å². The van der Waals surface area contributed by atoms with Crippen LogP contribution in [0.1, 0.15) is 10.4 Å². The molecule has 0 aliphatic rings. The molecule has 1 N–H and O–H groups in total. The van der Waals surface area contributed by atoms with Crippen molar-refractivity contribution in [2.24, 2.45) is 0 Å². The fourth-order valence-corrected chi connectivity index (χ4v) is 3.85. The highest BCUT2D eigenvalue weighted by atomic mass is 79.9. The van der Waals surface area contributed by atoms with E-state index in [-0.39, 0.29) is 10.6 Å². The van der Waals surface area contributed by atoms with Crippen LogP contribution in [0.15, 0.2) is 39.7 Å². The number of hydrogen-bond donors (Lipinski definition) is 1. The lowest BCUT2D eigenvalue weighted by molar-refractivity contribution is 0.0600. The number of hydrogen-bond acceptors (Lipinski definition) is 4. The summed E-state index contributed by atoms with van der Waals surface area (Å²) < 4.78 is 7.85. The van der Waals surface area contributed by atoms with Crippen molar-refractivity contribution in [1.82, 2.24) is 9.38 Å². The van der Waals surface area contributed by atoms with Crippen LogP contribution in [-0.4, -0.2) is 22.5 Å². The number of ether oxygens (including phenoxy) is 1. The number of pyridine rings is 1. The zero-order chi connectivity index (χ0) is 17.4. The quantitative estimate of drug-likeness (QED) is 0.376. The van der Waals surface area contributed by atoms with Gasteiger partial charge in [0.05, 0.1) is 23.5 Å². The minimum atomic E-state index is -0.546. The van der Waals surface area contributed by atoms with Crippen molar-refractivity contribution >= 4 is 78.1 Å². The van der Waals surface area contributed by atoms with Gasteiger partial charge in [0.15, 0.2) is 5.65 Å². The van der Waals surface area contributed by atoms with Crippen molar-refractivity contribution in [2.45, 2.75) is 0 Å². The summed E-state index contributed by atoms with van der Waals surface area (Å²) in [6.07, 6.45) is 3.28. The first-order chi connectivity index (χ1) is 11.4. The van der Waals surface area contributed by atoms with Crippen molar-refractivity contribution in [3.63, 3.8) is 0 Å². The lowest BCUT2D eigenvalue weighted by atomic mass is 10.2. The molecule has 2 heterocycles. The Kier molecular flexibility index (Phi) is 5.05. The van der Waals surface area contributed by atoms with Gasteiger partial charge < -0.3 is 10.1 Å². The van der Waals surface area contributed by atoms with Crippen molar-refractivity contribution in [3.8, 4) is 0 Å². The number of benzene rings is 1. The average Bonchev–Trinajstić information content (AvgIpc) is 3.04. The Morgan fingerprint density at radius 1 is 1.33 bits per heavy atom. The van der Waals surface area contributed by atoms with Gasteiger partial charge in [0.25, 0.3) is 0 Å². The number of anilines is 2. The zero-order valence-corrected chi connectivity index (χ0v) is 16.8. The maximum absolute atomic E-state index is 12.3. The molecule has 0 atom stereocenters. The molecule has 0 unspecified atom stereocenters. The van der Waals surface area contributed by atoms with Crippen LogP contribution in [0.25, 0.3) is 5.65 Å². The number of nitrogens with zero attached hydrogens (tertiary/aromatic N) is 2. The SMILES string of the molecule is COC(=O)c1c(Nc2ccc(Br)cc2Cl)c(Cl)c2nccn2c1Br. The number of aromatic nitrogens is 2. The zero-order valence-electron chi connectivity index (χ0n) is 12.1. The molecular formula is C15H9Br2Cl2N3O2. The van der Waals surface area contributed by atoms with Gasteiger partial charge in [-0.3, -0.25) is 4.40 Å². The van der Waals surface area contributed by atoms with E-state index in [0.29, 0.717) is 26.6 Å². The number of carbonyl (C=O) groups excluding carboxylic acids is 1. The minimum Gasteiger partial charge on any atom is -0.465 e. The Hall–Kier alpha value is -1.28. The van der Waals surface area contributed by atoms with Crippen LogP contribution < -0.4 is 5.32 Å². The predicted octanol–water partition coefficient (Wildman–Crippen LogP) is 5.70. The first-order valence-electron chi connectivity index (χ1n) is 6.58. The molecule has 0 fully saturated rings. The molecule has 2 aromatic heterocycles. The average molecular weight is 494 g/mol. The van der Waals surface area contributed by atoms with Gasteiger partial charge >= 0.3 is 5.97 Å². The van der Waals surface area contributed by atoms with E-state index in [1.54, 1.807) is 28.9 Å². The third kappa shape index (κ3) is 3.01. The van der Waals surface area contributed by atoms with Crippen molar-refractivity contribution in [1.29, 1.82) is 0 Å². The third-order valence-electron chi connectivity index (χ3n) is 3.30. The Morgan fingerprint density at radius 3 is 2.75 bits per heavy atom. The smallest absolute Gasteiger partial charge is 0.342 e.